The van der Waals surface area contributed by atoms with E-state index in [0.29, 0.717) is 76.6 Å². The molecule has 1 aromatic carbocycles. The maximum atomic E-state index is 14.5. The van der Waals surface area contributed by atoms with Crippen molar-refractivity contribution in [3.8, 4) is 0 Å². The minimum absolute atomic E-state index is 0.00472. The Hall–Kier alpha value is -6.90. The number of aliphatic carboxylic acids is 1. The molecule has 1 fully saturated rings. The molecule has 0 saturated carbocycles. The van der Waals surface area contributed by atoms with Gasteiger partial charge >= 0.3 is 29.8 Å². The zero-order valence-corrected chi connectivity index (χ0v) is 80.1. The van der Waals surface area contributed by atoms with Crippen LogP contribution < -0.4 is 21.3 Å². The number of aliphatic hydroxyl groups excluding tert-OH is 5. The number of methoxy groups -OCH3 is 6. The van der Waals surface area contributed by atoms with Crippen LogP contribution in [0.4, 0.5) is 0 Å². The SMILES string of the molecule is CCC(CO)OC(CO)OC.CCC(CO)OC(COC(=O)CCCC(=O)NCCCOC(=O)[C@H](Cc1ccccc1)NC(=O)[C@H](C)[C@@H](OC)[C@@H]1CCCN1C(=O)C[C@@H](OC)[C@H]([C@@H](C)CC)N(C)C(=O)[C@@H](NC(=O)[C@H](C(C)C)N(C)C)C(C)C)OC.CCC(CO)OC(COC(=O)CCCC(=O)NCCS)OC.CCC(CO)OC(COC(=O)CCCC(=O)O)OC. The number of ether oxygens (including phenoxy) is 14. The second-order valence-electron chi connectivity index (χ2n) is 31.4. The highest BCUT2D eigenvalue weighted by Gasteiger charge is 2.44. The molecule has 8 unspecified atom stereocenters. The molecule has 0 spiro atoms. The summed E-state index contributed by atoms with van der Waals surface area (Å²) in [6.45, 7) is 21.1. The number of carboxylic acids is 1. The first kappa shape index (κ1) is 122. The smallest absolute Gasteiger partial charge is 0.328 e. The molecule has 738 valence electrons. The molecule has 38 nitrogen and oxygen atoms in total. The highest BCUT2D eigenvalue weighted by molar-refractivity contribution is 7.80. The molecular weight excluding hydrogens is 1680 g/mol. The van der Waals surface area contributed by atoms with Crippen LogP contribution in [0.25, 0.3) is 0 Å². The van der Waals surface area contributed by atoms with E-state index in [-0.39, 0.29) is 196 Å². The summed E-state index contributed by atoms with van der Waals surface area (Å²) < 4.78 is 74.2. The number of nitrogens with one attached hydrogen (secondary N) is 4. The average molecular weight is 1840 g/mol. The predicted molar refractivity (Wildman–Crippen MR) is 474 cm³/mol. The number of rotatable bonds is 66. The second kappa shape index (κ2) is 73.7. The van der Waals surface area contributed by atoms with Gasteiger partial charge in [-0.3, -0.25) is 52.8 Å². The normalized spacial score (nSPS) is 16.3. The third-order valence-corrected chi connectivity index (χ3v) is 21.1. The van der Waals surface area contributed by atoms with Crippen LogP contribution >= 0.6 is 12.6 Å². The Bertz CT molecular complexity index is 3100. The molecule has 1 aromatic rings. The molecule has 1 aliphatic rings. The van der Waals surface area contributed by atoms with Gasteiger partial charge in [0.25, 0.3) is 0 Å². The van der Waals surface area contributed by atoms with Gasteiger partial charge in [0.15, 0.2) is 25.2 Å². The molecule has 1 saturated heterocycles. The lowest BCUT2D eigenvalue weighted by atomic mass is 9.89. The third-order valence-electron chi connectivity index (χ3n) is 20.8. The Morgan fingerprint density at radius 2 is 0.969 bits per heavy atom. The topological polar surface area (TPSA) is 496 Å². The van der Waals surface area contributed by atoms with Crippen molar-refractivity contribution in [3.63, 3.8) is 0 Å². The maximum absolute atomic E-state index is 14.5. The molecule has 0 aliphatic carbocycles. The van der Waals surface area contributed by atoms with Crippen LogP contribution in [0.2, 0.25) is 0 Å². The number of likely N-dealkylation sites (N-methyl/N-ethyl adjacent to an activating group) is 2. The number of amides is 6. The summed E-state index contributed by atoms with van der Waals surface area (Å²) in [5.74, 6) is -5.10. The van der Waals surface area contributed by atoms with Crippen LogP contribution in [0, 0.1) is 23.7 Å². The number of carbonyl (C=O) groups is 11. The van der Waals surface area contributed by atoms with Crippen LogP contribution in [0.1, 0.15) is 197 Å². The highest BCUT2D eigenvalue weighted by atomic mass is 32.1. The van der Waals surface area contributed by atoms with Crippen molar-refractivity contribution >= 4 is 77.9 Å². The number of likely N-dealkylation sites (tertiary alicyclic amines) is 1. The number of thiol groups is 1. The molecule has 10 N–H and O–H groups in total. The summed E-state index contributed by atoms with van der Waals surface area (Å²) in [5, 5.41) is 64.5. The largest absolute Gasteiger partial charge is 0.481 e. The summed E-state index contributed by atoms with van der Waals surface area (Å²) in [5.41, 5.74) is 0.794. The van der Waals surface area contributed by atoms with Crippen LogP contribution in [0.5, 0.6) is 0 Å². The van der Waals surface area contributed by atoms with E-state index >= 15 is 0 Å². The first-order chi connectivity index (χ1) is 60.5. The van der Waals surface area contributed by atoms with Gasteiger partial charge in [-0.1, -0.05) is 113 Å². The minimum atomic E-state index is -1.06. The molecule has 2 rings (SSSR count). The number of benzene rings is 1. The molecule has 6 amide bonds. The molecule has 1 aliphatic heterocycles. The van der Waals surface area contributed by atoms with E-state index in [9.17, 15) is 57.8 Å². The fraction of sp³-hybridized carbons (Fsp3) is 0.807. The lowest BCUT2D eigenvalue weighted by molar-refractivity contribution is -0.194. The monoisotopic (exact) mass is 1840 g/mol. The van der Waals surface area contributed by atoms with Gasteiger partial charge in [-0.2, -0.15) is 12.6 Å². The summed E-state index contributed by atoms with van der Waals surface area (Å²) >= 11 is 3.98. The molecule has 0 radical (unpaired) electrons. The van der Waals surface area contributed by atoms with Crippen molar-refractivity contribution in [1.82, 2.24) is 36.0 Å². The maximum Gasteiger partial charge on any atom is 0.328 e. The van der Waals surface area contributed by atoms with Gasteiger partial charge in [-0.25, -0.2) is 4.79 Å². The van der Waals surface area contributed by atoms with Gasteiger partial charge < -0.3 is 128 Å². The summed E-state index contributed by atoms with van der Waals surface area (Å²) in [6.07, 6.45) is 0.513. The van der Waals surface area contributed by atoms with Crippen molar-refractivity contribution in [2.24, 2.45) is 23.7 Å². The minimum Gasteiger partial charge on any atom is -0.481 e. The van der Waals surface area contributed by atoms with E-state index in [1.165, 1.54) is 42.7 Å². The molecule has 1 heterocycles. The summed E-state index contributed by atoms with van der Waals surface area (Å²) in [7, 11) is 14.1. The lowest BCUT2D eigenvalue weighted by Gasteiger charge is -2.41. The molecular formula is C88H159N7O31S. The predicted octanol–water partition coefficient (Wildman–Crippen LogP) is 4.67. The molecule has 17 atom stereocenters. The fourth-order valence-electron chi connectivity index (χ4n) is 13.2. The summed E-state index contributed by atoms with van der Waals surface area (Å²) in [4.78, 5) is 145. The Morgan fingerprint density at radius 3 is 1.35 bits per heavy atom. The Morgan fingerprint density at radius 1 is 0.520 bits per heavy atom. The first-order valence-electron chi connectivity index (χ1n) is 44.2. The number of nitrogens with zero attached hydrogens (tertiary/aromatic N) is 3. The van der Waals surface area contributed by atoms with Gasteiger partial charge in [0.1, 0.15) is 31.9 Å². The van der Waals surface area contributed by atoms with Crippen LogP contribution in [0.15, 0.2) is 30.3 Å². The van der Waals surface area contributed by atoms with E-state index in [1.54, 1.807) is 23.8 Å². The van der Waals surface area contributed by atoms with Crippen molar-refractivity contribution in [3.05, 3.63) is 35.9 Å². The van der Waals surface area contributed by atoms with Crippen LogP contribution in [-0.4, -0.2) is 351 Å². The second-order valence-corrected chi connectivity index (χ2v) is 31.9. The van der Waals surface area contributed by atoms with E-state index in [2.05, 4.69) is 33.9 Å². The third kappa shape index (κ3) is 52.7. The van der Waals surface area contributed by atoms with E-state index < -0.39 is 115 Å². The number of hydrogen-bond acceptors (Lipinski definition) is 32. The molecule has 127 heavy (non-hydrogen) atoms. The molecule has 0 aromatic heterocycles. The van der Waals surface area contributed by atoms with Gasteiger partial charge in [0.2, 0.25) is 35.4 Å². The Labute approximate surface area is 758 Å². The number of hydrogen-bond donors (Lipinski definition) is 11. The number of aliphatic hydroxyl groups is 5. The zero-order chi connectivity index (χ0) is 96.5. The van der Waals surface area contributed by atoms with Gasteiger partial charge in [0.05, 0.1) is 107 Å². The fourth-order valence-corrected chi connectivity index (χ4v) is 13.3. The van der Waals surface area contributed by atoms with Gasteiger partial charge in [0, 0.05) is 120 Å². The quantitative estimate of drug-likeness (QED) is 0.0139. The van der Waals surface area contributed by atoms with E-state index in [4.69, 9.17) is 91.8 Å². The number of carboxylic acid groups (broad SMARTS) is 1. The highest BCUT2D eigenvalue weighted by Crippen LogP contribution is 2.31. The number of carbonyl (C=O) groups excluding carboxylic acids is 10. The summed E-state index contributed by atoms with van der Waals surface area (Å²) in [6, 6.07) is 5.92. The van der Waals surface area contributed by atoms with Crippen molar-refractivity contribution in [2.45, 2.75) is 290 Å². The van der Waals surface area contributed by atoms with Gasteiger partial charge in [-0.15, -0.1) is 0 Å². The van der Waals surface area contributed by atoms with Crippen LogP contribution in [-0.2, 0) is 125 Å². The van der Waals surface area contributed by atoms with Gasteiger partial charge in [-0.05, 0) is 102 Å². The standard InChI is InChI=1S/C55H94N6O14.C14H27NO6S.C12H22O7.C7H16O4/c1-15-37(7)50(60(11)54(68)48(35(3)4)58-53(67)49(36(5)6)59(9)10)43(70-12)32-45(64)61-29-21-25-42(61)51(72-14)38(8)52(66)57-41(31-39-23-18-17-19-24-39)55(69)73-30-22-28-56-44(63)26-20-27-46(65)74-34-47(71-13)75-40(16-2)33-62;1-3-11(9-16)21-14(19-2)10-20-13(18)6-4-5-12(17)15-7-8-22;1-3-9(7-13)19-12(17-2)8-18-11(16)6-4-5-10(14)15;1-3-6(4-8)11-7(5-9)10-2/h17-19,23-24,35-38,40-43,47-51,62H,15-16,20-22,25-34H2,1-14H3,(H,56,63)(H,57,66)(H,58,67);11,14,16,22H,3-10H2,1-2H3,(H,15,17);9,12-13H,3-8H2,1-2H3,(H,14,15);6-9H,3-5H2,1-2H3/t37-,38+,40?,41-,42-,43+,47?,48-,49-,50-,51+;;;/m0.../s1. The van der Waals surface area contributed by atoms with Crippen LogP contribution in [0.3, 0.4) is 0 Å². The Kier molecular flexibility index (Phi) is 70.9. The zero-order valence-electron chi connectivity index (χ0n) is 79.2. The average Bonchev–Trinajstić information content (AvgIpc) is 1.79. The Balaban J connectivity index is 0. The van der Waals surface area contributed by atoms with Crippen molar-refractivity contribution < 1.29 is 150 Å². The van der Waals surface area contributed by atoms with Crippen molar-refractivity contribution in [2.75, 3.05) is 149 Å². The van der Waals surface area contributed by atoms with E-state index in [0.717, 1.165) is 5.56 Å². The molecule has 0 bridgehead atoms. The lowest BCUT2D eigenvalue weighted by Crippen LogP contribution is -2.59. The van der Waals surface area contributed by atoms with Crippen molar-refractivity contribution in [1.29, 1.82) is 0 Å². The number of esters is 4. The first-order valence-corrected chi connectivity index (χ1v) is 44.8. The molecule has 39 heteroatoms. The van der Waals surface area contributed by atoms with E-state index in [1.807, 2.05) is 119 Å².